The van der Waals surface area contributed by atoms with Gasteiger partial charge in [0, 0.05) is 30.9 Å². The first-order chi connectivity index (χ1) is 10.2. The van der Waals surface area contributed by atoms with Gasteiger partial charge in [0.2, 0.25) is 0 Å². The molecule has 1 aliphatic carbocycles. The van der Waals surface area contributed by atoms with Gasteiger partial charge in [-0.3, -0.25) is 4.98 Å². The largest absolute Gasteiger partial charge is 0.389 e. The molecule has 0 bridgehead atoms. The van der Waals surface area contributed by atoms with E-state index in [1.165, 1.54) is 16.3 Å². The molecule has 0 aliphatic heterocycles. The summed E-state index contributed by atoms with van der Waals surface area (Å²) in [6, 6.07) is 8.31. The Hall–Kier alpha value is -1.45. The second-order valence-corrected chi connectivity index (χ2v) is 6.53. The molecule has 112 valence electrons. The van der Waals surface area contributed by atoms with E-state index in [1.54, 1.807) is 0 Å². The van der Waals surface area contributed by atoms with Crippen molar-refractivity contribution in [2.45, 2.75) is 44.8 Å². The minimum absolute atomic E-state index is 0.523. The van der Waals surface area contributed by atoms with Crippen LogP contribution in [0.5, 0.6) is 0 Å². The summed E-state index contributed by atoms with van der Waals surface area (Å²) in [5.41, 5.74) is 0.672. The van der Waals surface area contributed by atoms with Gasteiger partial charge in [-0.25, -0.2) is 0 Å². The zero-order valence-electron chi connectivity index (χ0n) is 12.7. The van der Waals surface area contributed by atoms with Gasteiger partial charge in [0.1, 0.15) is 0 Å². The van der Waals surface area contributed by atoms with Gasteiger partial charge in [-0.05, 0) is 42.6 Å². The molecule has 1 aromatic carbocycles. The van der Waals surface area contributed by atoms with Crippen molar-refractivity contribution in [1.29, 1.82) is 0 Å². The van der Waals surface area contributed by atoms with Gasteiger partial charge < -0.3 is 10.4 Å². The van der Waals surface area contributed by atoms with E-state index in [0.29, 0.717) is 6.54 Å². The van der Waals surface area contributed by atoms with Crippen molar-refractivity contribution in [3.63, 3.8) is 0 Å². The first kappa shape index (κ1) is 14.5. The quantitative estimate of drug-likeness (QED) is 0.905. The van der Waals surface area contributed by atoms with E-state index in [-0.39, 0.29) is 0 Å². The molecule has 0 amide bonds. The number of fused-ring (bicyclic) bond motifs is 1. The maximum atomic E-state index is 10.6. The van der Waals surface area contributed by atoms with Crippen LogP contribution in [0.15, 0.2) is 36.7 Å². The number of hydrogen-bond acceptors (Lipinski definition) is 3. The van der Waals surface area contributed by atoms with E-state index in [1.807, 2.05) is 18.5 Å². The van der Waals surface area contributed by atoms with E-state index >= 15 is 0 Å². The number of benzene rings is 1. The molecule has 1 fully saturated rings. The molecule has 2 N–H and O–H groups in total. The van der Waals surface area contributed by atoms with Crippen LogP contribution in [0.1, 0.15) is 38.2 Å². The number of pyridine rings is 1. The number of nitrogens with zero attached hydrogens (tertiary/aromatic N) is 1. The Morgan fingerprint density at radius 1 is 1.24 bits per heavy atom. The molecule has 3 nitrogen and oxygen atoms in total. The lowest BCUT2D eigenvalue weighted by Gasteiger charge is -2.35. The minimum atomic E-state index is -0.523. The summed E-state index contributed by atoms with van der Waals surface area (Å²) < 4.78 is 0. The lowest BCUT2D eigenvalue weighted by molar-refractivity contribution is -0.00628. The Balaban J connectivity index is 1.62. The topological polar surface area (TPSA) is 45.1 Å². The van der Waals surface area contributed by atoms with E-state index in [9.17, 15) is 5.11 Å². The fraction of sp³-hybridized carbons (Fsp3) is 0.500. The zero-order valence-corrected chi connectivity index (χ0v) is 12.7. The third-order valence-corrected chi connectivity index (χ3v) is 4.73. The van der Waals surface area contributed by atoms with Crippen molar-refractivity contribution < 1.29 is 5.11 Å². The van der Waals surface area contributed by atoms with Gasteiger partial charge >= 0.3 is 0 Å². The van der Waals surface area contributed by atoms with E-state index in [2.05, 4.69) is 35.4 Å². The van der Waals surface area contributed by atoms with Crippen LogP contribution in [0.25, 0.3) is 10.8 Å². The lowest BCUT2D eigenvalue weighted by Crippen LogP contribution is -2.43. The average Bonchev–Trinajstić information content (AvgIpc) is 2.51. The zero-order chi connectivity index (χ0) is 14.7. The maximum absolute atomic E-state index is 10.6. The average molecular weight is 284 g/mol. The van der Waals surface area contributed by atoms with E-state index in [4.69, 9.17) is 0 Å². The van der Waals surface area contributed by atoms with Crippen molar-refractivity contribution in [3.05, 3.63) is 42.2 Å². The summed E-state index contributed by atoms with van der Waals surface area (Å²) in [6.07, 6.45) is 7.91. The highest BCUT2D eigenvalue weighted by Gasteiger charge is 2.31. The summed E-state index contributed by atoms with van der Waals surface area (Å²) in [6.45, 7) is 3.70. The summed E-state index contributed by atoms with van der Waals surface area (Å²) >= 11 is 0. The highest BCUT2D eigenvalue weighted by molar-refractivity contribution is 5.84. The van der Waals surface area contributed by atoms with Crippen molar-refractivity contribution >= 4 is 10.8 Å². The second-order valence-electron chi connectivity index (χ2n) is 6.53. The Labute approximate surface area is 126 Å². The first-order valence-corrected chi connectivity index (χ1v) is 7.91. The minimum Gasteiger partial charge on any atom is -0.389 e. The van der Waals surface area contributed by atoms with E-state index in [0.717, 1.165) is 38.1 Å². The van der Waals surface area contributed by atoms with Crippen LogP contribution in [0.2, 0.25) is 0 Å². The molecular weight excluding hydrogens is 260 g/mol. The van der Waals surface area contributed by atoms with Crippen molar-refractivity contribution in [3.8, 4) is 0 Å². The van der Waals surface area contributed by atoms with Crippen LogP contribution >= 0.6 is 0 Å². The lowest BCUT2D eigenvalue weighted by atomic mass is 9.79. The molecule has 0 unspecified atom stereocenters. The van der Waals surface area contributed by atoms with Gasteiger partial charge in [-0.2, -0.15) is 0 Å². The van der Waals surface area contributed by atoms with Crippen molar-refractivity contribution in [2.75, 3.05) is 6.54 Å². The molecule has 2 aromatic rings. The first-order valence-electron chi connectivity index (χ1n) is 7.91. The van der Waals surface area contributed by atoms with Gasteiger partial charge in [0.15, 0.2) is 0 Å². The molecule has 1 heterocycles. The summed E-state index contributed by atoms with van der Waals surface area (Å²) in [5, 5.41) is 16.4. The summed E-state index contributed by atoms with van der Waals surface area (Å²) in [7, 11) is 0. The van der Waals surface area contributed by atoms with Gasteiger partial charge in [0.05, 0.1) is 5.60 Å². The predicted molar refractivity (Wildman–Crippen MR) is 86.0 cm³/mol. The summed E-state index contributed by atoms with van der Waals surface area (Å²) in [4.78, 5) is 4.30. The van der Waals surface area contributed by atoms with Crippen LogP contribution in [0, 0.1) is 5.92 Å². The molecule has 1 aromatic heterocycles. The molecule has 0 spiro atoms. The monoisotopic (exact) mass is 284 g/mol. The fourth-order valence-corrected chi connectivity index (χ4v) is 3.23. The number of nitrogens with one attached hydrogen (secondary N) is 1. The SMILES string of the molecule is CC1CCC(O)(CNCc2cncc3ccccc23)CC1. The predicted octanol–water partition coefficient (Wildman–Crippen LogP) is 3.27. The molecule has 0 saturated heterocycles. The molecule has 0 radical (unpaired) electrons. The third kappa shape index (κ3) is 3.42. The van der Waals surface area contributed by atoms with Crippen LogP contribution < -0.4 is 5.32 Å². The van der Waals surface area contributed by atoms with Crippen LogP contribution in [0.4, 0.5) is 0 Å². The van der Waals surface area contributed by atoms with Crippen LogP contribution in [-0.2, 0) is 6.54 Å². The molecule has 1 aliphatic rings. The second kappa shape index (κ2) is 6.12. The van der Waals surface area contributed by atoms with Crippen LogP contribution in [-0.4, -0.2) is 22.2 Å². The molecule has 3 rings (SSSR count). The van der Waals surface area contributed by atoms with Gasteiger partial charge in [-0.15, -0.1) is 0 Å². The number of aliphatic hydroxyl groups is 1. The number of aromatic nitrogens is 1. The third-order valence-electron chi connectivity index (χ3n) is 4.73. The standard InChI is InChI=1S/C18H24N2O/c1-14-6-8-18(21,9-7-14)13-20-12-16-11-19-10-15-4-2-3-5-17(15)16/h2-5,10-11,14,20-21H,6-9,12-13H2,1H3. The molecular formula is C18H24N2O. The highest BCUT2D eigenvalue weighted by Crippen LogP contribution is 2.31. The molecule has 1 saturated carbocycles. The molecule has 21 heavy (non-hydrogen) atoms. The smallest absolute Gasteiger partial charge is 0.0771 e. The highest BCUT2D eigenvalue weighted by atomic mass is 16.3. The van der Waals surface area contributed by atoms with Gasteiger partial charge in [-0.1, -0.05) is 31.2 Å². The van der Waals surface area contributed by atoms with E-state index < -0.39 is 5.60 Å². The normalized spacial score (nSPS) is 26.1. The van der Waals surface area contributed by atoms with Crippen molar-refractivity contribution in [1.82, 2.24) is 10.3 Å². The summed E-state index contributed by atoms with van der Waals surface area (Å²) in [5.74, 6) is 0.757. The van der Waals surface area contributed by atoms with Gasteiger partial charge in [0.25, 0.3) is 0 Å². The Kier molecular flexibility index (Phi) is 4.22. The maximum Gasteiger partial charge on any atom is 0.0771 e. The fourth-order valence-electron chi connectivity index (χ4n) is 3.23. The van der Waals surface area contributed by atoms with Crippen molar-refractivity contribution in [2.24, 2.45) is 5.92 Å². The van der Waals surface area contributed by atoms with Crippen LogP contribution in [0.3, 0.4) is 0 Å². The molecule has 0 atom stereocenters. The number of hydrogen-bond donors (Lipinski definition) is 2. The number of rotatable bonds is 4. The molecule has 3 heteroatoms. The Bertz CT molecular complexity index is 598. The Morgan fingerprint density at radius 2 is 2.00 bits per heavy atom. The Morgan fingerprint density at radius 3 is 2.81 bits per heavy atom.